The van der Waals surface area contributed by atoms with E-state index >= 15 is 0 Å². The Balaban J connectivity index is 2.43. The summed E-state index contributed by atoms with van der Waals surface area (Å²) in [4.78, 5) is 4.42. The van der Waals surface area contributed by atoms with Crippen LogP contribution in [0.5, 0.6) is 0 Å². The quantitative estimate of drug-likeness (QED) is 0.570. The fourth-order valence-electron chi connectivity index (χ4n) is 3.77. The van der Waals surface area contributed by atoms with E-state index in [2.05, 4.69) is 105 Å². The molecule has 0 radical (unpaired) electrons. The van der Waals surface area contributed by atoms with E-state index in [-0.39, 0.29) is 0 Å². The van der Waals surface area contributed by atoms with Crippen molar-refractivity contribution >= 4 is 17.3 Å². The van der Waals surface area contributed by atoms with Crippen LogP contribution in [0.15, 0.2) is 78.9 Å². The van der Waals surface area contributed by atoms with Gasteiger partial charge in [0.05, 0.1) is 5.54 Å². The molecule has 0 fully saturated rings. The van der Waals surface area contributed by atoms with Crippen LogP contribution < -0.4 is 4.90 Å². The number of anilines is 1. The maximum Gasteiger partial charge on any atom is 0.0988 e. The van der Waals surface area contributed by atoms with Crippen LogP contribution in [0.1, 0.15) is 16.7 Å². The number of benzene rings is 3. The van der Waals surface area contributed by atoms with Crippen LogP contribution in [0.2, 0.25) is 5.02 Å². The third kappa shape index (κ3) is 3.11. The largest absolute Gasteiger partial charge is 0.377 e. The lowest BCUT2D eigenvalue weighted by molar-refractivity contribution is 0.247. The summed E-state index contributed by atoms with van der Waals surface area (Å²) in [5.74, 6) is 0. The first-order chi connectivity index (χ1) is 12.5. The molecule has 0 aliphatic rings. The van der Waals surface area contributed by atoms with Gasteiger partial charge in [0.25, 0.3) is 0 Å². The van der Waals surface area contributed by atoms with Gasteiger partial charge in [-0.2, -0.15) is 0 Å². The highest BCUT2D eigenvalue weighted by molar-refractivity contribution is 6.30. The van der Waals surface area contributed by atoms with Gasteiger partial charge in [-0.15, -0.1) is 0 Å². The Morgan fingerprint density at radius 1 is 0.692 bits per heavy atom. The van der Waals surface area contributed by atoms with Crippen molar-refractivity contribution in [1.29, 1.82) is 0 Å². The molecule has 0 saturated heterocycles. The van der Waals surface area contributed by atoms with Gasteiger partial charge in [0.15, 0.2) is 0 Å². The van der Waals surface area contributed by atoms with E-state index in [9.17, 15) is 0 Å². The van der Waals surface area contributed by atoms with E-state index in [1.807, 2.05) is 12.1 Å². The highest BCUT2D eigenvalue weighted by Crippen LogP contribution is 2.45. The van der Waals surface area contributed by atoms with E-state index < -0.39 is 5.54 Å². The maximum atomic E-state index is 6.34. The standard InChI is InChI=1S/C23H25ClN2/c1-25(2)22-17-20(24)15-16-21(22)23(26(3)4,18-11-7-5-8-12-18)19-13-9-6-10-14-19/h5-17H,1-4H3. The molecule has 0 aliphatic heterocycles. The van der Waals surface area contributed by atoms with Gasteiger partial charge in [-0.1, -0.05) is 78.3 Å². The monoisotopic (exact) mass is 364 g/mol. The van der Waals surface area contributed by atoms with Crippen LogP contribution in [0, 0.1) is 0 Å². The summed E-state index contributed by atoms with van der Waals surface area (Å²) in [6, 6.07) is 27.5. The van der Waals surface area contributed by atoms with Crippen molar-refractivity contribution in [3.05, 3.63) is 101 Å². The van der Waals surface area contributed by atoms with Crippen LogP contribution in [-0.4, -0.2) is 33.1 Å². The van der Waals surface area contributed by atoms with Crippen molar-refractivity contribution < 1.29 is 0 Å². The molecular weight excluding hydrogens is 340 g/mol. The van der Waals surface area contributed by atoms with Crippen molar-refractivity contribution in [2.45, 2.75) is 5.54 Å². The summed E-state index contributed by atoms with van der Waals surface area (Å²) >= 11 is 6.34. The second-order valence-corrected chi connectivity index (χ2v) is 7.33. The first-order valence-electron chi connectivity index (χ1n) is 8.73. The minimum absolute atomic E-state index is 0.424. The molecule has 3 rings (SSSR count). The van der Waals surface area contributed by atoms with Gasteiger partial charge in [0.1, 0.15) is 0 Å². The van der Waals surface area contributed by atoms with E-state index in [0.29, 0.717) is 0 Å². The molecule has 2 nitrogen and oxygen atoms in total. The van der Waals surface area contributed by atoms with Gasteiger partial charge < -0.3 is 4.90 Å². The van der Waals surface area contributed by atoms with Crippen LogP contribution >= 0.6 is 11.6 Å². The Bertz CT molecular complexity index is 818. The zero-order valence-corrected chi connectivity index (χ0v) is 16.5. The molecule has 3 aromatic carbocycles. The van der Waals surface area contributed by atoms with Gasteiger partial charge in [-0.05, 0) is 37.4 Å². The molecule has 0 unspecified atom stereocenters. The normalized spacial score (nSPS) is 11.6. The number of hydrogen-bond donors (Lipinski definition) is 0. The third-order valence-corrected chi connectivity index (χ3v) is 5.12. The second kappa shape index (κ2) is 7.53. The summed E-state index contributed by atoms with van der Waals surface area (Å²) in [7, 11) is 8.39. The van der Waals surface area contributed by atoms with E-state index in [1.165, 1.54) is 16.7 Å². The molecule has 0 atom stereocenters. The molecule has 0 heterocycles. The predicted octanol–water partition coefficient (Wildman–Crippen LogP) is 5.26. The fourth-order valence-corrected chi connectivity index (χ4v) is 3.94. The van der Waals surface area contributed by atoms with E-state index in [1.54, 1.807) is 0 Å². The van der Waals surface area contributed by atoms with Crippen molar-refractivity contribution in [3.8, 4) is 0 Å². The Morgan fingerprint density at radius 3 is 1.62 bits per heavy atom. The van der Waals surface area contributed by atoms with Gasteiger partial charge >= 0.3 is 0 Å². The number of nitrogens with zero attached hydrogens (tertiary/aromatic N) is 2. The molecule has 134 valence electrons. The Hall–Kier alpha value is -2.29. The number of halogens is 1. The summed E-state index contributed by atoms with van der Waals surface area (Å²) in [6.07, 6.45) is 0. The van der Waals surface area contributed by atoms with Crippen molar-refractivity contribution in [3.63, 3.8) is 0 Å². The average Bonchev–Trinajstić information content (AvgIpc) is 2.65. The first kappa shape index (κ1) is 18.5. The molecule has 0 bridgehead atoms. The highest BCUT2D eigenvalue weighted by Gasteiger charge is 2.40. The molecular formula is C23H25ClN2. The van der Waals surface area contributed by atoms with Gasteiger partial charge in [0, 0.05) is 30.4 Å². The van der Waals surface area contributed by atoms with Crippen LogP contribution in [-0.2, 0) is 5.54 Å². The Kier molecular flexibility index (Phi) is 5.36. The van der Waals surface area contributed by atoms with Crippen LogP contribution in [0.25, 0.3) is 0 Å². The van der Waals surface area contributed by atoms with Gasteiger partial charge in [-0.3, -0.25) is 4.90 Å². The molecule has 0 amide bonds. The average molecular weight is 365 g/mol. The van der Waals surface area contributed by atoms with Crippen molar-refractivity contribution in [2.24, 2.45) is 0 Å². The summed E-state index contributed by atoms with van der Waals surface area (Å²) in [6.45, 7) is 0. The minimum atomic E-state index is -0.424. The highest BCUT2D eigenvalue weighted by atomic mass is 35.5. The first-order valence-corrected chi connectivity index (χ1v) is 9.11. The Labute approximate surface area is 161 Å². The maximum absolute atomic E-state index is 6.34. The molecule has 26 heavy (non-hydrogen) atoms. The minimum Gasteiger partial charge on any atom is -0.377 e. The third-order valence-electron chi connectivity index (χ3n) is 4.89. The zero-order valence-electron chi connectivity index (χ0n) is 15.8. The van der Waals surface area contributed by atoms with E-state index in [0.717, 1.165) is 10.7 Å². The van der Waals surface area contributed by atoms with Gasteiger partial charge in [-0.25, -0.2) is 0 Å². The smallest absolute Gasteiger partial charge is 0.0988 e. The number of rotatable bonds is 5. The summed E-state index contributed by atoms with van der Waals surface area (Å²) in [5, 5.41) is 0.742. The molecule has 0 N–H and O–H groups in total. The Morgan fingerprint density at radius 2 is 1.19 bits per heavy atom. The predicted molar refractivity (Wildman–Crippen MR) is 112 cm³/mol. The van der Waals surface area contributed by atoms with Crippen LogP contribution in [0.4, 0.5) is 5.69 Å². The molecule has 0 saturated carbocycles. The summed E-state index contributed by atoms with van der Waals surface area (Å²) < 4.78 is 0. The van der Waals surface area contributed by atoms with Crippen LogP contribution in [0.3, 0.4) is 0 Å². The van der Waals surface area contributed by atoms with Crippen molar-refractivity contribution in [2.75, 3.05) is 33.1 Å². The molecule has 0 spiro atoms. The lowest BCUT2D eigenvalue weighted by Crippen LogP contribution is -2.44. The molecule has 0 aromatic heterocycles. The fraction of sp³-hybridized carbons (Fsp3) is 0.217. The molecule has 3 aromatic rings. The van der Waals surface area contributed by atoms with Crippen molar-refractivity contribution in [1.82, 2.24) is 4.90 Å². The molecule has 0 aliphatic carbocycles. The SMILES string of the molecule is CN(C)c1cc(Cl)ccc1C(c1ccccc1)(c1ccccc1)N(C)C. The van der Waals surface area contributed by atoms with E-state index in [4.69, 9.17) is 11.6 Å². The van der Waals surface area contributed by atoms with Gasteiger partial charge in [0.2, 0.25) is 0 Å². The number of hydrogen-bond acceptors (Lipinski definition) is 2. The summed E-state index contributed by atoms with van der Waals surface area (Å²) in [5.41, 5.74) is 4.34. The second-order valence-electron chi connectivity index (χ2n) is 6.89. The topological polar surface area (TPSA) is 6.48 Å². The molecule has 3 heteroatoms. The lowest BCUT2D eigenvalue weighted by atomic mass is 9.75. The zero-order chi connectivity index (χ0) is 18.7. The lowest BCUT2D eigenvalue weighted by Gasteiger charge is -2.43.